The van der Waals surface area contributed by atoms with Crippen molar-refractivity contribution in [3.8, 4) is 0 Å². The quantitative estimate of drug-likeness (QED) is 0.730. The Morgan fingerprint density at radius 3 is 2.71 bits per heavy atom. The van der Waals surface area contributed by atoms with Gasteiger partial charge in [-0.25, -0.2) is 0 Å². The summed E-state index contributed by atoms with van der Waals surface area (Å²) >= 11 is 0. The van der Waals surface area contributed by atoms with Gasteiger partial charge in [-0.2, -0.15) is 0 Å². The number of carbonyl (C=O) groups excluding carboxylic acids is 1. The first kappa shape index (κ1) is 13.6. The van der Waals surface area contributed by atoms with E-state index >= 15 is 0 Å². The average Bonchev–Trinajstić information content (AvgIpc) is 2.30. The molecule has 0 aliphatic heterocycles. The zero-order chi connectivity index (χ0) is 12.7. The third-order valence-electron chi connectivity index (χ3n) is 2.40. The lowest BCUT2D eigenvalue weighted by Gasteiger charge is -2.08. The number of aryl methyl sites for hydroxylation is 1. The SMILES string of the molecule is Cc1ccc(CNCCNC(=O)C(C)C)nc1. The van der Waals surface area contributed by atoms with E-state index in [0.29, 0.717) is 6.54 Å². The molecule has 0 aliphatic carbocycles. The minimum absolute atomic E-state index is 0.0498. The molecule has 1 aromatic rings. The van der Waals surface area contributed by atoms with Crippen LogP contribution in [0.15, 0.2) is 18.3 Å². The highest BCUT2D eigenvalue weighted by molar-refractivity contribution is 5.77. The molecule has 0 saturated carbocycles. The Bertz CT molecular complexity index is 346. The zero-order valence-corrected chi connectivity index (χ0v) is 10.8. The van der Waals surface area contributed by atoms with Crippen molar-refractivity contribution in [1.29, 1.82) is 0 Å². The number of nitrogens with one attached hydrogen (secondary N) is 2. The molecule has 2 N–H and O–H groups in total. The molecule has 94 valence electrons. The van der Waals surface area contributed by atoms with Gasteiger partial charge in [0.15, 0.2) is 0 Å². The highest BCUT2D eigenvalue weighted by atomic mass is 16.1. The smallest absolute Gasteiger partial charge is 0.222 e. The second-order valence-corrected chi connectivity index (χ2v) is 4.45. The average molecular weight is 235 g/mol. The van der Waals surface area contributed by atoms with Gasteiger partial charge in [0.05, 0.1) is 5.69 Å². The Balaban J connectivity index is 2.12. The maximum Gasteiger partial charge on any atom is 0.222 e. The van der Waals surface area contributed by atoms with Gasteiger partial charge in [-0.15, -0.1) is 0 Å². The Hall–Kier alpha value is -1.42. The predicted octanol–water partition coefficient (Wildman–Crippen LogP) is 1.25. The summed E-state index contributed by atoms with van der Waals surface area (Å²) < 4.78 is 0. The first-order valence-electron chi connectivity index (χ1n) is 5.99. The number of rotatable bonds is 6. The van der Waals surface area contributed by atoms with Gasteiger partial charge >= 0.3 is 0 Å². The van der Waals surface area contributed by atoms with Crippen LogP contribution in [0.3, 0.4) is 0 Å². The fourth-order valence-electron chi connectivity index (χ4n) is 1.30. The topological polar surface area (TPSA) is 54.0 Å². The van der Waals surface area contributed by atoms with Crippen LogP contribution in [0.25, 0.3) is 0 Å². The van der Waals surface area contributed by atoms with Crippen molar-refractivity contribution in [2.45, 2.75) is 27.3 Å². The molecule has 0 bridgehead atoms. The van der Waals surface area contributed by atoms with Gasteiger partial charge in [0, 0.05) is 31.7 Å². The normalized spacial score (nSPS) is 10.6. The lowest BCUT2D eigenvalue weighted by atomic mass is 10.2. The van der Waals surface area contributed by atoms with Gasteiger partial charge < -0.3 is 10.6 Å². The summed E-state index contributed by atoms with van der Waals surface area (Å²) in [6.07, 6.45) is 1.86. The van der Waals surface area contributed by atoms with Crippen LogP contribution in [0, 0.1) is 12.8 Å². The number of hydrogen-bond acceptors (Lipinski definition) is 3. The van der Waals surface area contributed by atoms with E-state index in [0.717, 1.165) is 24.3 Å². The maximum absolute atomic E-state index is 11.3. The van der Waals surface area contributed by atoms with E-state index in [4.69, 9.17) is 0 Å². The molecule has 0 saturated heterocycles. The van der Waals surface area contributed by atoms with E-state index in [1.54, 1.807) is 0 Å². The molecule has 0 unspecified atom stereocenters. The molecule has 0 fully saturated rings. The maximum atomic E-state index is 11.3. The van der Waals surface area contributed by atoms with Crippen LogP contribution in [-0.4, -0.2) is 24.0 Å². The van der Waals surface area contributed by atoms with Crippen LogP contribution in [0.1, 0.15) is 25.1 Å². The standard InChI is InChI=1S/C13H21N3O/c1-10(2)13(17)15-7-6-14-9-12-5-4-11(3)8-16-12/h4-5,8,10,14H,6-7,9H2,1-3H3,(H,15,17). The largest absolute Gasteiger partial charge is 0.355 e. The molecule has 1 rings (SSSR count). The molecule has 0 atom stereocenters. The number of pyridine rings is 1. The molecule has 1 amide bonds. The van der Waals surface area contributed by atoms with Gasteiger partial charge in [0.2, 0.25) is 5.91 Å². The van der Waals surface area contributed by atoms with E-state index in [9.17, 15) is 4.79 Å². The van der Waals surface area contributed by atoms with E-state index in [2.05, 4.69) is 15.6 Å². The number of carbonyl (C=O) groups is 1. The van der Waals surface area contributed by atoms with Crippen molar-refractivity contribution in [2.24, 2.45) is 5.92 Å². The van der Waals surface area contributed by atoms with Gasteiger partial charge in [0.1, 0.15) is 0 Å². The van der Waals surface area contributed by atoms with E-state index in [1.807, 2.05) is 39.1 Å². The Labute approximate surface area is 103 Å². The lowest BCUT2D eigenvalue weighted by molar-refractivity contribution is -0.123. The first-order chi connectivity index (χ1) is 8.09. The van der Waals surface area contributed by atoms with Gasteiger partial charge in [-0.05, 0) is 18.6 Å². The molecule has 17 heavy (non-hydrogen) atoms. The molecule has 4 heteroatoms. The number of nitrogens with zero attached hydrogens (tertiary/aromatic N) is 1. The van der Waals surface area contributed by atoms with Crippen molar-refractivity contribution in [2.75, 3.05) is 13.1 Å². The van der Waals surface area contributed by atoms with E-state index < -0.39 is 0 Å². The molecule has 0 aromatic carbocycles. The fraction of sp³-hybridized carbons (Fsp3) is 0.538. The molecular formula is C13H21N3O. The summed E-state index contributed by atoms with van der Waals surface area (Å²) in [7, 11) is 0. The predicted molar refractivity (Wildman–Crippen MR) is 68.5 cm³/mol. The monoisotopic (exact) mass is 235 g/mol. The summed E-state index contributed by atoms with van der Waals surface area (Å²) in [6, 6.07) is 4.06. The van der Waals surface area contributed by atoms with Crippen molar-refractivity contribution in [1.82, 2.24) is 15.6 Å². The highest BCUT2D eigenvalue weighted by Crippen LogP contribution is 1.97. The van der Waals surface area contributed by atoms with Crippen LogP contribution in [0.4, 0.5) is 0 Å². The van der Waals surface area contributed by atoms with Crippen LogP contribution >= 0.6 is 0 Å². The second kappa shape index (κ2) is 7.01. The molecular weight excluding hydrogens is 214 g/mol. The van der Waals surface area contributed by atoms with Gasteiger partial charge in [-0.1, -0.05) is 19.9 Å². The molecule has 0 radical (unpaired) electrons. The highest BCUT2D eigenvalue weighted by Gasteiger charge is 2.04. The summed E-state index contributed by atoms with van der Waals surface area (Å²) in [5, 5.41) is 6.09. The minimum atomic E-state index is 0.0498. The molecule has 1 heterocycles. The number of aromatic nitrogens is 1. The number of amides is 1. The van der Waals surface area contributed by atoms with Gasteiger partial charge in [0.25, 0.3) is 0 Å². The molecule has 4 nitrogen and oxygen atoms in total. The van der Waals surface area contributed by atoms with E-state index in [1.165, 1.54) is 0 Å². The van der Waals surface area contributed by atoms with Crippen molar-refractivity contribution in [3.63, 3.8) is 0 Å². The summed E-state index contributed by atoms with van der Waals surface area (Å²) in [5.74, 6) is 0.147. The zero-order valence-electron chi connectivity index (χ0n) is 10.8. The van der Waals surface area contributed by atoms with Crippen molar-refractivity contribution in [3.05, 3.63) is 29.6 Å². The summed E-state index contributed by atoms with van der Waals surface area (Å²) in [6.45, 7) is 7.94. The molecule has 0 spiro atoms. The van der Waals surface area contributed by atoms with Crippen LogP contribution in [0.2, 0.25) is 0 Å². The molecule has 0 aliphatic rings. The van der Waals surface area contributed by atoms with Crippen molar-refractivity contribution >= 4 is 5.91 Å². The fourth-order valence-corrected chi connectivity index (χ4v) is 1.30. The van der Waals surface area contributed by atoms with Crippen molar-refractivity contribution < 1.29 is 4.79 Å². The first-order valence-corrected chi connectivity index (χ1v) is 5.99. The summed E-state index contributed by atoms with van der Waals surface area (Å²) in [4.78, 5) is 15.6. The third-order valence-corrected chi connectivity index (χ3v) is 2.40. The van der Waals surface area contributed by atoms with Crippen LogP contribution in [-0.2, 0) is 11.3 Å². The van der Waals surface area contributed by atoms with Crippen LogP contribution in [0.5, 0.6) is 0 Å². The number of hydrogen-bond donors (Lipinski definition) is 2. The van der Waals surface area contributed by atoms with Gasteiger partial charge in [-0.3, -0.25) is 9.78 Å². The Morgan fingerprint density at radius 1 is 1.35 bits per heavy atom. The van der Waals surface area contributed by atoms with E-state index in [-0.39, 0.29) is 11.8 Å². The third kappa shape index (κ3) is 5.45. The summed E-state index contributed by atoms with van der Waals surface area (Å²) in [5.41, 5.74) is 2.18. The Kier molecular flexibility index (Phi) is 5.63. The molecule has 1 aromatic heterocycles. The van der Waals surface area contributed by atoms with Crippen LogP contribution < -0.4 is 10.6 Å². The second-order valence-electron chi connectivity index (χ2n) is 4.45. The minimum Gasteiger partial charge on any atom is -0.355 e. The Morgan fingerprint density at radius 2 is 2.12 bits per heavy atom. The lowest BCUT2D eigenvalue weighted by Crippen LogP contribution is -2.34.